The summed E-state index contributed by atoms with van der Waals surface area (Å²) in [6.07, 6.45) is 3.87. The summed E-state index contributed by atoms with van der Waals surface area (Å²) in [7, 11) is 6.25. The predicted molar refractivity (Wildman–Crippen MR) is 85.9 cm³/mol. The lowest BCUT2D eigenvalue weighted by Crippen LogP contribution is -2.43. The van der Waals surface area contributed by atoms with E-state index < -0.39 is 0 Å². The van der Waals surface area contributed by atoms with Crippen molar-refractivity contribution in [2.45, 2.75) is 38.0 Å². The lowest BCUT2D eigenvalue weighted by molar-refractivity contribution is 0.0466. The number of imidazole rings is 1. The van der Waals surface area contributed by atoms with Crippen LogP contribution in [-0.4, -0.2) is 40.2 Å². The zero-order chi connectivity index (χ0) is 15.9. The Bertz CT molecular complexity index is 725. The zero-order valence-corrected chi connectivity index (χ0v) is 12.9. The summed E-state index contributed by atoms with van der Waals surface area (Å²) in [4.78, 5) is 18.9. The summed E-state index contributed by atoms with van der Waals surface area (Å²) >= 11 is 0. The zero-order valence-electron chi connectivity index (χ0n) is 12.9. The average molecular weight is 307 g/mol. The number of benzene rings is 1. The molecule has 2 radical (unpaired) electrons. The van der Waals surface area contributed by atoms with Crippen molar-refractivity contribution in [3.05, 3.63) is 53.6 Å². The number of hydrogen-bond acceptors (Lipinski definition) is 4. The first-order chi connectivity index (χ1) is 11.1. The van der Waals surface area contributed by atoms with Gasteiger partial charge < -0.3 is 9.30 Å². The van der Waals surface area contributed by atoms with Gasteiger partial charge in [-0.1, -0.05) is 30.3 Å². The topological polar surface area (TPSA) is 47.4 Å². The van der Waals surface area contributed by atoms with Crippen LogP contribution in [0.3, 0.4) is 0 Å². The third-order valence-corrected chi connectivity index (χ3v) is 4.62. The summed E-state index contributed by atoms with van der Waals surface area (Å²) < 4.78 is 7.37. The number of carbonyl (C=O) groups excluding carboxylic acids is 1. The molecule has 23 heavy (non-hydrogen) atoms. The lowest BCUT2D eigenvalue weighted by atomic mass is 9.90. The number of rotatable bonds is 4. The van der Waals surface area contributed by atoms with Gasteiger partial charge in [-0.3, -0.25) is 4.90 Å². The molecule has 0 N–H and O–H groups in total. The molecule has 1 saturated carbocycles. The number of nitrogens with zero attached hydrogens (tertiary/aromatic N) is 3. The maximum Gasteiger partial charge on any atom is 0.358 e. The van der Waals surface area contributed by atoms with E-state index in [1.165, 1.54) is 0 Å². The Hall–Kier alpha value is -2.08. The molecule has 1 aliphatic heterocycles. The number of hydrogen-bond donors (Lipinski definition) is 0. The third-order valence-electron chi connectivity index (χ3n) is 4.62. The maximum absolute atomic E-state index is 12.2. The number of carbonyl (C=O) groups is 1. The highest BCUT2D eigenvalue weighted by Crippen LogP contribution is 2.39. The van der Waals surface area contributed by atoms with Gasteiger partial charge in [-0.2, -0.15) is 0 Å². The van der Waals surface area contributed by atoms with Crippen LogP contribution < -0.4 is 0 Å². The van der Waals surface area contributed by atoms with Gasteiger partial charge in [0.2, 0.25) is 0 Å². The first-order valence-electron chi connectivity index (χ1n) is 7.95. The SMILES string of the molecule is [B]C1(N2CCn3cc(C(=O)OCc4ccccc4)nc3C2)CC1. The van der Waals surface area contributed by atoms with E-state index in [9.17, 15) is 4.79 Å². The quantitative estimate of drug-likeness (QED) is 0.637. The Labute approximate surface area is 136 Å². The minimum absolute atomic E-state index is 0.148. The molecule has 1 aromatic carbocycles. The van der Waals surface area contributed by atoms with Crippen LogP contribution in [0, 0.1) is 0 Å². The molecule has 0 spiro atoms. The van der Waals surface area contributed by atoms with E-state index in [-0.39, 0.29) is 18.0 Å². The van der Waals surface area contributed by atoms with Gasteiger partial charge in [0, 0.05) is 19.3 Å². The van der Waals surface area contributed by atoms with Crippen molar-refractivity contribution in [1.29, 1.82) is 0 Å². The number of aromatic nitrogens is 2. The molecule has 4 rings (SSSR count). The Morgan fingerprint density at radius 1 is 1.26 bits per heavy atom. The van der Waals surface area contributed by atoms with Crippen molar-refractivity contribution in [2.75, 3.05) is 6.54 Å². The van der Waals surface area contributed by atoms with Crippen LogP contribution in [0.5, 0.6) is 0 Å². The van der Waals surface area contributed by atoms with Crippen LogP contribution >= 0.6 is 0 Å². The molecule has 6 heteroatoms. The fraction of sp³-hybridized carbons (Fsp3) is 0.412. The van der Waals surface area contributed by atoms with Gasteiger partial charge in [-0.15, -0.1) is 0 Å². The van der Waals surface area contributed by atoms with Crippen molar-refractivity contribution in [3.63, 3.8) is 0 Å². The Balaban J connectivity index is 1.42. The van der Waals surface area contributed by atoms with E-state index in [1.54, 1.807) is 6.20 Å². The summed E-state index contributed by atoms with van der Waals surface area (Å²) in [5.41, 5.74) is 1.19. The molecule has 116 valence electrons. The molecule has 0 unspecified atom stereocenters. The first-order valence-corrected chi connectivity index (χ1v) is 7.95. The van der Waals surface area contributed by atoms with Crippen molar-refractivity contribution < 1.29 is 9.53 Å². The van der Waals surface area contributed by atoms with Gasteiger partial charge >= 0.3 is 5.97 Å². The van der Waals surface area contributed by atoms with Gasteiger partial charge in [0.25, 0.3) is 0 Å². The van der Waals surface area contributed by atoms with Gasteiger partial charge in [-0.25, -0.2) is 9.78 Å². The molecule has 5 nitrogen and oxygen atoms in total. The molecule has 2 aromatic rings. The molecule has 0 atom stereocenters. The fourth-order valence-electron chi connectivity index (χ4n) is 2.97. The molecule has 0 amide bonds. The van der Waals surface area contributed by atoms with Crippen LogP contribution in [-0.2, 0) is 24.4 Å². The van der Waals surface area contributed by atoms with E-state index in [2.05, 4.69) is 9.88 Å². The van der Waals surface area contributed by atoms with E-state index in [0.717, 1.165) is 37.3 Å². The van der Waals surface area contributed by atoms with Crippen molar-refractivity contribution in [3.8, 4) is 0 Å². The van der Waals surface area contributed by atoms with Crippen LogP contribution in [0.2, 0.25) is 0 Å². The summed E-state index contributed by atoms with van der Waals surface area (Å²) in [5, 5.41) is 0. The average Bonchev–Trinajstić information content (AvgIpc) is 3.19. The van der Waals surface area contributed by atoms with E-state index in [0.29, 0.717) is 12.2 Å². The number of fused-ring (bicyclic) bond motifs is 1. The standard InChI is InChI=1S/C17H18BN3O2/c18-17(6-7-17)21-9-8-20-10-14(19-15(20)11-21)16(22)23-12-13-4-2-1-3-5-13/h1-5,10H,6-9,11-12H2. The highest BCUT2D eigenvalue weighted by molar-refractivity contribution is 6.17. The van der Waals surface area contributed by atoms with Crippen molar-refractivity contribution in [1.82, 2.24) is 14.5 Å². The van der Waals surface area contributed by atoms with Crippen LogP contribution in [0.15, 0.2) is 36.5 Å². The highest BCUT2D eigenvalue weighted by atomic mass is 16.5. The predicted octanol–water partition coefficient (Wildman–Crippen LogP) is 1.71. The molecule has 2 aliphatic rings. The second-order valence-corrected chi connectivity index (χ2v) is 6.32. The van der Waals surface area contributed by atoms with Crippen molar-refractivity contribution >= 4 is 13.8 Å². The molecule has 1 fully saturated rings. The Morgan fingerprint density at radius 2 is 2.04 bits per heavy atom. The van der Waals surface area contributed by atoms with Crippen LogP contribution in [0.1, 0.15) is 34.7 Å². The molecule has 1 aromatic heterocycles. The number of ether oxygens (including phenoxy) is 1. The highest BCUT2D eigenvalue weighted by Gasteiger charge is 2.43. The van der Waals surface area contributed by atoms with Crippen LogP contribution in [0.25, 0.3) is 0 Å². The lowest BCUT2D eigenvalue weighted by Gasteiger charge is -2.33. The molecule has 1 aliphatic carbocycles. The fourth-order valence-corrected chi connectivity index (χ4v) is 2.97. The van der Waals surface area contributed by atoms with Gasteiger partial charge in [0.15, 0.2) is 5.69 Å². The Kier molecular flexibility index (Phi) is 3.49. The smallest absolute Gasteiger partial charge is 0.358 e. The normalized spacial score (nSPS) is 19.1. The first kappa shape index (κ1) is 14.5. The van der Waals surface area contributed by atoms with Crippen molar-refractivity contribution in [2.24, 2.45) is 0 Å². The Morgan fingerprint density at radius 3 is 2.78 bits per heavy atom. The molecule has 0 saturated heterocycles. The third kappa shape index (κ3) is 2.91. The summed E-state index contributed by atoms with van der Waals surface area (Å²) in [6.45, 7) is 2.67. The minimum Gasteiger partial charge on any atom is -0.456 e. The molecular weight excluding hydrogens is 289 g/mol. The molecular formula is C17H18BN3O2. The second kappa shape index (κ2) is 5.53. The van der Waals surface area contributed by atoms with Gasteiger partial charge in [-0.05, 0) is 23.8 Å². The second-order valence-electron chi connectivity index (χ2n) is 6.32. The van der Waals surface area contributed by atoms with E-state index in [4.69, 9.17) is 12.6 Å². The van der Waals surface area contributed by atoms with E-state index in [1.807, 2.05) is 34.9 Å². The number of esters is 1. The van der Waals surface area contributed by atoms with Crippen LogP contribution in [0.4, 0.5) is 0 Å². The van der Waals surface area contributed by atoms with E-state index >= 15 is 0 Å². The monoisotopic (exact) mass is 307 g/mol. The summed E-state index contributed by atoms with van der Waals surface area (Å²) in [5.74, 6) is 0.510. The summed E-state index contributed by atoms with van der Waals surface area (Å²) in [6, 6.07) is 9.64. The van der Waals surface area contributed by atoms with Gasteiger partial charge in [0.05, 0.1) is 14.4 Å². The van der Waals surface area contributed by atoms with Gasteiger partial charge in [0.1, 0.15) is 12.4 Å². The molecule has 0 bridgehead atoms. The largest absolute Gasteiger partial charge is 0.456 e. The molecule has 2 heterocycles. The maximum atomic E-state index is 12.2. The minimum atomic E-state index is -0.379.